The van der Waals surface area contributed by atoms with Gasteiger partial charge in [0.15, 0.2) is 5.69 Å². The van der Waals surface area contributed by atoms with Gasteiger partial charge in [-0.15, -0.1) is 5.10 Å². The molecule has 0 amide bonds. The molecule has 0 aliphatic heterocycles. The van der Waals surface area contributed by atoms with Crippen molar-refractivity contribution in [1.29, 1.82) is 0 Å². The van der Waals surface area contributed by atoms with Crippen LogP contribution in [0.1, 0.15) is 61.6 Å². The molecule has 2 saturated carbocycles. The molecule has 3 unspecified atom stereocenters. The first-order valence-corrected chi connectivity index (χ1v) is 7.23. The van der Waals surface area contributed by atoms with Gasteiger partial charge in [0.05, 0.1) is 5.69 Å². The van der Waals surface area contributed by atoms with Crippen LogP contribution in [0.4, 0.5) is 0 Å². The van der Waals surface area contributed by atoms with E-state index in [1.807, 2.05) is 18.5 Å². The highest BCUT2D eigenvalue weighted by molar-refractivity contribution is 5.86. The maximum absolute atomic E-state index is 11.2. The van der Waals surface area contributed by atoms with Crippen molar-refractivity contribution in [2.75, 3.05) is 0 Å². The second-order valence-electron chi connectivity index (χ2n) is 6.40. The van der Waals surface area contributed by atoms with Crippen molar-refractivity contribution < 1.29 is 9.90 Å². The molecule has 19 heavy (non-hydrogen) atoms. The molecule has 2 aliphatic carbocycles. The molecule has 1 N–H and O–H groups in total. The number of hydrogen-bond donors (Lipinski definition) is 1. The molecule has 104 valence electrons. The van der Waals surface area contributed by atoms with Crippen LogP contribution in [0.25, 0.3) is 0 Å². The lowest BCUT2D eigenvalue weighted by atomic mass is 9.89. The third-order valence-electron chi connectivity index (χ3n) is 4.81. The van der Waals surface area contributed by atoms with Crippen LogP contribution in [-0.4, -0.2) is 26.1 Å². The van der Waals surface area contributed by atoms with Crippen molar-refractivity contribution in [2.45, 2.75) is 52.0 Å². The van der Waals surface area contributed by atoms with Gasteiger partial charge in [-0.3, -0.25) is 0 Å². The summed E-state index contributed by atoms with van der Waals surface area (Å²) in [5.74, 6) is 1.56. The first kappa shape index (κ1) is 12.6. The number of fused-ring (bicyclic) bond motifs is 2. The molecule has 2 fully saturated rings. The molecular formula is C14H21N3O2. The Kier molecular flexibility index (Phi) is 3.07. The molecule has 3 atom stereocenters. The molecule has 1 aromatic heterocycles. The third kappa shape index (κ3) is 2.15. The molecule has 0 aromatic carbocycles. The summed E-state index contributed by atoms with van der Waals surface area (Å²) < 4.78 is 1.85. The fraction of sp³-hybridized carbons (Fsp3) is 0.786. The molecule has 1 aromatic rings. The number of hydrogen-bond acceptors (Lipinski definition) is 3. The van der Waals surface area contributed by atoms with E-state index in [2.05, 4.69) is 10.3 Å². The van der Waals surface area contributed by atoms with Crippen LogP contribution in [-0.2, 0) is 6.54 Å². The second-order valence-corrected chi connectivity index (χ2v) is 6.40. The summed E-state index contributed by atoms with van der Waals surface area (Å²) in [5, 5.41) is 17.1. The first-order chi connectivity index (χ1) is 9.06. The van der Waals surface area contributed by atoms with Gasteiger partial charge in [-0.05, 0) is 42.9 Å². The lowest BCUT2D eigenvalue weighted by Crippen LogP contribution is -2.20. The van der Waals surface area contributed by atoms with Gasteiger partial charge in [0.25, 0.3) is 0 Å². The monoisotopic (exact) mass is 263 g/mol. The number of carboxylic acids is 1. The van der Waals surface area contributed by atoms with Crippen LogP contribution in [0.5, 0.6) is 0 Å². The van der Waals surface area contributed by atoms with Crippen LogP contribution in [0, 0.1) is 17.8 Å². The Labute approximate surface area is 113 Å². The average Bonchev–Trinajstić information content (AvgIpc) is 3.01. The molecule has 2 aliphatic rings. The first-order valence-electron chi connectivity index (χ1n) is 7.23. The Morgan fingerprint density at radius 1 is 1.42 bits per heavy atom. The van der Waals surface area contributed by atoms with E-state index in [9.17, 15) is 9.90 Å². The van der Waals surface area contributed by atoms with E-state index >= 15 is 0 Å². The smallest absolute Gasteiger partial charge is 0.358 e. The fourth-order valence-corrected chi connectivity index (χ4v) is 4.00. The van der Waals surface area contributed by atoms with E-state index in [4.69, 9.17) is 0 Å². The minimum Gasteiger partial charge on any atom is -0.476 e. The molecular weight excluding hydrogens is 242 g/mol. The lowest BCUT2D eigenvalue weighted by molar-refractivity contribution is 0.0688. The zero-order valence-electron chi connectivity index (χ0n) is 11.5. The van der Waals surface area contributed by atoms with Crippen molar-refractivity contribution in [3.63, 3.8) is 0 Å². The van der Waals surface area contributed by atoms with E-state index in [1.165, 1.54) is 25.7 Å². The van der Waals surface area contributed by atoms with Gasteiger partial charge in [-0.25, -0.2) is 9.48 Å². The number of rotatable bonds is 4. The predicted octanol–water partition coefficient (Wildman–Crippen LogP) is 2.54. The second kappa shape index (κ2) is 4.62. The quantitative estimate of drug-likeness (QED) is 0.906. The van der Waals surface area contributed by atoms with Gasteiger partial charge < -0.3 is 5.11 Å². The maximum Gasteiger partial charge on any atom is 0.358 e. The van der Waals surface area contributed by atoms with Crippen LogP contribution in [0.15, 0.2) is 0 Å². The summed E-state index contributed by atoms with van der Waals surface area (Å²) in [6, 6.07) is 0. The van der Waals surface area contributed by atoms with Gasteiger partial charge in [-0.2, -0.15) is 0 Å². The Hall–Kier alpha value is -1.39. The normalized spacial score (nSPS) is 29.3. The van der Waals surface area contributed by atoms with Gasteiger partial charge >= 0.3 is 5.97 Å². The minimum absolute atomic E-state index is 0.123. The summed E-state index contributed by atoms with van der Waals surface area (Å²) in [7, 11) is 0. The Bertz CT molecular complexity index is 495. The highest BCUT2D eigenvalue weighted by Gasteiger charge is 2.40. The molecule has 5 nitrogen and oxygen atoms in total. The number of aromatic nitrogens is 3. The summed E-state index contributed by atoms with van der Waals surface area (Å²) in [5.41, 5.74) is 0.897. The van der Waals surface area contributed by atoms with Gasteiger partial charge in [0, 0.05) is 6.54 Å². The van der Waals surface area contributed by atoms with Crippen LogP contribution in [0.3, 0.4) is 0 Å². The summed E-state index contributed by atoms with van der Waals surface area (Å²) in [6.45, 7) is 4.85. The summed E-state index contributed by atoms with van der Waals surface area (Å²) in [6.07, 6.45) is 5.37. The molecule has 1 heterocycles. The maximum atomic E-state index is 11.2. The predicted molar refractivity (Wildman–Crippen MR) is 70.0 cm³/mol. The van der Waals surface area contributed by atoms with E-state index in [0.717, 1.165) is 24.1 Å². The van der Waals surface area contributed by atoms with Crippen molar-refractivity contribution in [3.05, 3.63) is 11.4 Å². The van der Waals surface area contributed by atoms with Crippen molar-refractivity contribution >= 4 is 5.97 Å². The molecule has 0 saturated heterocycles. The fourth-order valence-electron chi connectivity index (χ4n) is 4.00. The molecule has 0 radical (unpaired) electrons. The van der Waals surface area contributed by atoms with Crippen LogP contribution >= 0.6 is 0 Å². The molecule has 2 bridgehead atoms. The zero-order chi connectivity index (χ0) is 13.6. The standard InChI is InChI=1S/C14H21N3O2/c1-8(2)13-12(14(18)19)15-16-17(13)7-11-6-9-3-4-10(11)5-9/h8-11H,3-7H2,1-2H3,(H,18,19). The van der Waals surface area contributed by atoms with Crippen LogP contribution < -0.4 is 0 Å². The number of nitrogens with zero attached hydrogens (tertiary/aromatic N) is 3. The third-order valence-corrected chi connectivity index (χ3v) is 4.81. The van der Waals surface area contributed by atoms with Gasteiger partial charge in [0.1, 0.15) is 0 Å². The molecule has 5 heteroatoms. The number of carbonyl (C=O) groups is 1. The lowest BCUT2D eigenvalue weighted by Gasteiger charge is -2.22. The molecule has 3 rings (SSSR count). The zero-order valence-corrected chi connectivity index (χ0v) is 11.5. The topological polar surface area (TPSA) is 68.0 Å². The highest BCUT2D eigenvalue weighted by atomic mass is 16.4. The highest BCUT2D eigenvalue weighted by Crippen LogP contribution is 2.48. The van der Waals surface area contributed by atoms with Gasteiger partial charge in [-0.1, -0.05) is 25.5 Å². The largest absolute Gasteiger partial charge is 0.476 e. The van der Waals surface area contributed by atoms with Crippen molar-refractivity contribution in [3.8, 4) is 0 Å². The van der Waals surface area contributed by atoms with E-state index < -0.39 is 5.97 Å². The SMILES string of the molecule is CC(C)c1c(C(=O)O)nnn1CC1CC2CCC1C2. The van der Waals surface area contributed by atoms with Crippen molar-refractivity contribution in [1.82, 2.24) is 15.0 Å². The van der Waals surface area contributed by atoms with Crippen molar-refractivity contribution in [2.24, 2.45) is 17.8 Å². The van der Waals surface area contributed by atoms with E-state index in [1.54, 1.807) is 0 Å². The minimum atomic E-state index is -0.970. The Morgan fingerprint density at radius 2 is 2.21 bits per heavy atom. The average molecular weight is 263 g/mol. The van der Waals surface area contributed by atoms with Gasteiger partial charge in [0.2, 0.25) is 0 Å². The summed E-state index contributed by atoms with van der Waals surface area (Å²) in [4.78, 5) is 11.2. The number of carboxylic acid groups (broad SMARTS) is 1. The van der Waals surface area contributed by atoms with E-state index in [-0.39, 0.29) is 11.6 Å². The summed E-state index contributed by atoms with van der Waals surface area (Å²) >= 11 is 0. The Balaban J connectivity index is 1.83. The molecule has 0 spiro atoms. The Morgan fingerprint density at radius 3 is 2.74 bits per heavy atom. The van der Waals surface area contributed by atoms with Crippen LogP contribution in [0.2, 0.25) is 0 Å². The number of aromatic carboxylic acids is 1. The van der Waals surface area contributed by atoms with E-state index in [0.29, 0.717) is 5.92 Å².